The van der Waals surface area contributed by atoms with Crippen molar-refractivity contribution in [3.05, 3.63) is 24.0 Å². The molecular weight excluding hydrogens is 262 g/mol. The van der Waals surface area contributed by atoms with E-state index in [0.29, 0.717) is 6.04 Å². The highest BCUT2D eigenvalue weighted by Crippen LogP contribution is 2.26. The van der Waals surface area contributed by atoms with E-state index in [1.54, 1.807) is 0 Å². The van der Waals surface area contributed by atoms with Crippen LogP contribution in [0.4, 0.5) is 0 Å². The maximum absolute atomic E-state index is 4.39. The molecule has 0 aliphatic heterocycles. The number of hydrogen-bond acceptors (Lipinski definition) is 2. The summed E-state index contributed by atoms with van der Waals surface area (Å²) in [5, 5.41) is 3.49. The molecule has 1 aliphatic carbocycles. The molecule has 1 aliphatic rings. The van der Waals surface area contributed by atoms with Crippen molar-refractivity contribution in [1.82, 2.24) is 19.7 Å². The second-order valence-electron chi connectivity index (χ2n) is 6.14. The van der Waals surface area contributed by atoms with Gasteiger partial charge in [-0.25, -0.2) is 0 Å². The Kier molecular flexibility index (Phi) is 5.28. The minimum Gasteiger partial charge on any atom is -0.355 e. The third kappa shape index (κ3) is 4.24. The summed E-state index contributed by atoms with van der Waals surface area (Å²) in [4.78, 5) is 9.03. The Balaban J connectivity index is 1.83. The van der Waals surface area contributed by atoms with Crippen LogP contribution in [0.1, 0.15) is 25.5 Å². The minimum absolute atomic E-state index is 0.526. The maximum atomic E-state index is 4.39. The molecule has 5 nitrogen and oxygen atoms in total. The molecule has 118 valence electrons. The zero-order valence-electron chi connectivity index (χ0n) is 14.0. The standard InChI is InChI=1S/C16H29N5/c1-13(21(5)14-8-9-14)11-18-16(17-2)20(4)12-15-7-6-10-19(15)3/h6-7,10,13-14H,8-9,11-12H2,1-5H3,(H,17,18). The molecule has 0 spiro atoms. The SMILES string of the molecule is CN=C(NCC(C)N(C)C1CC1)N(C)Cc1cccn1C. The highest BCUT2D eigenvalue weighted by Gasteiger charge is 2.29. The van der Waals surface area contributed by atoms with E-state index in [0.717, 1.165) is 25.1 Å². The fourth-order valence-electron chi connectivity index (χ4n) is 2.59. The van der Waals surface area contributed by atoms with Crippen molar-refractivity contribution < 1.29 is 0 Å². The maximum Gasteiger partial charge on any atom is 0.193 e. The second-order valence-corrected chi connectivity index (χ2v) is 6.14. The largest absolute Gasteiger partial charge is 0.355 e. The molecule has 0 bridgehead atoms. The zero-order valence-corrected chi connectivity index (χ0v) is 14.0. The quantitative estimate of drug-likeness (QED) is 0.637. The molecule has 0 radical (unpaired) electrons. The molecule has 1 N–H and O–H groups in total. The highest BCUT2D eigenvalue weighted by molar-refractivity contribution is 5.79. The van der Waals surface area contributed by atoms with Gasteiger partial charge in [0.15, 0.2) is 5.96 Å². The lowest BCUT2D eigenvalue weighted by Gasteiger charge is -2.28. The number of aliphatic imine (C=N–C) groups is 1. The normalized spacial score (nSPS) is 17.1. The van der Waals surface area contributed by atoms with Crippen LogP contribution >= 0.6 is 0 Å². The third-order valence-electron chi connectivity index (χ3n) is 4.40. The first-order valence-electron chi connectivity index (χ1n) is 7.77. The predicted octanol–water partition coefficient (Wildman–Crippen LogP) is 1.51. The van der Waals surface area contributed by atoms with E-state index in [9.17, 15) is 0 Å². The Morgan fingerprint density at radius 1 is 1.48 bits per heavy atom. The average molecular weight is 291 g/mol. The highest BCUT2D eigenvalue weighted by atomic mass is 15.3. The first kappa shape index (κ1) is 15.9. The van der Waals surface area contributed by atoms with Crippen LogP contribution in [0.5, 0.6) is 0 Å². The first-order chi connectivity index (χ1) is 10.0. The van der Waals surface area contributed by atoms with E-state index in [1.165, 1.54) is 18.5 Å². The third-order valence-corrected chi connectivity index (χ3v) is 4.40. The second kappa shape index (κ2) is 6.98. The van der Waals surface area contributed by atoms with Crippen molar-refractivity contribution in [2.45, 2.75) is 38.4 Å². The van der Waals surface area contributed by atoms with Crippen LogP contribution in [0.3, 0.4) is 0 Å². The van der Waals surface area contributed by atoms with Gasteiger partial charge in [-0.05, 0) is 38.9 Å². The van der Waals surface area contributed by atoms with Crippen LogP contribution < -0.4 is 5.32 Å². The fourth-order valence-corrected chi connectivity index (χ4v) is 2.59. The van der Waals surface area contributed by atoms with Gasteiger partial charge >= 0.3 is 0 Å². The summed E-state index contributed by atoms with van der Waals surface area (Å²) in [6, 6.07) is 5.54. The molecule has 1 heterocycles. The summed E-state index contributed by atoms with van der Waals surface area (Å²) in [7, 11) is 8.23. The van der Waals surface area contributed by atoms with Crippen molar-refractivity contribution in [3.63, 3.8) is 0 Å². The number of nitrogens with zero attached hydrogens (tertiary/aromatic N) is 4. The van der Waals surface area contributed by atoms with Crippen LogP contribution in [-0.2, 0) is 13.6 Å². The summed E-state index contributed by atoms with van der Waals surface area (Å²) in [5.74, 6) is 0.951. The Morgan fingerprint density at radius 3 is 2.71 bits per heavy atom. The summed E-state index contributed by atoms with van der Waals surface area (Å²) >= 11 is 0. The zero-order chi connectivity index (χ0) is 15.4. The number of guanidine groups is 1. The fraction of sp³-hybridized carbons (Fsp3) is 0.688. The van der Waals surface area contributed by atoms with Gasteiger partial charge in [0.2, 0.25) is 0 Å². The minimum atomic E-state index is 0.526. The molecular formula is C16H29N5. The smallest absolute Gasteiger partial charge is 0.193 e. The summed E-state index contributed by atoms with van der Waals surface area (Å²) in [5.41, 5.74) is 1.28. The number of hydrogen-bond donors (Lipinski definition) is 1. The van der Waals surface area contributed by atoms with Crippen LogP contribution in [0.25, 0.3) is 0 Å². The van der Waals surface area contributed by atoms with Gasteiger partial charge in [0.25, 0.3) is 0 Å². The van der Waals surface area contributed by atoms with Crippen molar-refractivity contribution in [2.75, 3.05) is 27.7 Å². The molecule has 21 heavy (non-hydrogen) atoms. The molecule has 1 fully saturated rings. The van der Waals surface area contributed by atoms with E-state index in [1.807, 2.05) is 7.05 Å². The summed E-state index contributed by atoms with van der Waals surface area (Å²) in [6.07, 6.45) is 4.78. The summed E-state index contributed by atoms with van der Waals surface area (Å²) < 4.78 is 2.15. The molecule has 5 heteroatoms. The lowest BCUT2D eigenvalue weighted by atomic mass is 10.3. The van der Waals surface area contributed by atoms with Gasteiger partial charge in [-0.3, -0.25) is 9.89 Å². The molecule has 1 aromatic rings. The van der Waals surface area contributed by atoms with Crippen LogP contribution in [0.15, 0.2) is 23.3 Å². The molecule has 1 unspecified atom stereocenters. The predicted molar refractivity (Wildman–Crippen MR) is 88.5 cm³/mol. The monoisotopic (exact) mass is 291 g/mol. The molecule has 1 saturated carbocycles. The Hall–Kier alpha value is -1.49. The van der Waals surface area contributed by atoms with Gasteiger partial charge in [-0.1, -0.05) is 0 Å². The van der Waals surface area contributed by atoms with E-state index < -0.39 is 0 Å². The van der Waals surface area contributed by atoms with Gasteiger partial charge in [0.05, 0.1) is 6.54 Å². The van der Waals surface area contributed by atoms with Crippen molar-refractivity contribution in [1.29, 1.82) is 0 Å². The number of rotatable bonds is 6. The summed E-state index contributed by atoms with van der Waals surface area (Å²) in [6.45, 7) is 4.06. The Bertz CT molecular complexity index is 475. The Labute approximate surface area is 128 Å². The van der Waals surface area contributed by atoms with E-state index in [4.69, 9.17) is 0 Å². The van der Waals surface area contributed by atoms with Crippen molar-refractivity contribution >= 4 is 5.96 Å². The van der Waals surface area contributed by atoms with Crippen LogP contribution in [0, 0.1) is 0 Å². The van der Waals surface area contributed by atoms with Gasteiger partial charge in [-0.15, -0.1) is 0 Å². The molecule has 0 amide bonds. The first-order valence-corrected chi connectivity index (χ1v) is 7.77. The lowest BCUT2D eigenvalue weighted by molar-refractivity contribution is 0.246. The number of nitrogens with one attached hydrogen (secondary N) is 1. The van der Waals surface area contributed by atoms with Gasteiger partial charge in [0.1, 0.15) is 0 Å². The number of likely N-dealkylation sites (N-methyl/N-ethyl adjacent to an activating group) is 1. The van der Waals surface area contributed by atoms with E-state index >= 15 is 0 Å². The molecule has 1 aromatic heterocycles. The van der Waals surface area contributed by atoms with Gasteiger partial charge in [-0.2, -0.15) is 0 Å². The van der Waals surface area contributed by atoms with Crippen LogP contribution in [0.2, 0.25) is 0 Å². The van der Waals surface area contributed by atoms with Crippen molar-refractivity contribution in [3.8, 4) is 0 Å². The lowest BCUT2D eigenvalue weighted by Crippen LogP contribution is -2.45. The topological polar surface area (TPSA) is 35.8 Å². The van der Waals surface area contributed by atoms with E-state index in [2.05, 4.69) is 71.1 Å². The van der Waals surface area contributed by atoms with E-state index in [-0.39, 0.29) is 0 Å². The molecule has 1 atom stereocenters. The van der Waals surface area contributed by atoms with Crippen LogP contribution in [-0.4, -0.2) is 60.1 Å². The number of aryl methyl sites for hydroxylation is 1. The Morgan fingerprint density at radius 2 is 2.19 bits per heavy atom. The van der Waals surface area contributed by atoms with Crippen molar-refractivity contribution in [2.24, 2.45) is 12.0 Å². The van der Waals surface area contributed by atoms with Gasteiger partial charge < -0.3 is 14.8 Å². The molecule has 0 aromatic carbocycles. The van der Waals surface area contributed by atoms with Gasteiger partial charge in [0, 0.05) is 51.7 Å². The molecule has 2 rings (SSSR count). The molecule has 0 saturated heterocycles. The average Bonchev–Trinajstić information content (AvgIpc) is 3.24. The number of aromatic nitrogens is 1.